The van der Waals surface area contributed by atoms with Crippen molar-refractivity contribution >= 4 is 23.2 Å². The Bertz CT molecular complexity index is 739. The number of imidazole rings is 1. The Balaban J connectivity index is 2.15. The van der Waals surface area contributed by atoms with Gasteiger partial charge in [-0.05, 0) is 0 Å². The second-order valence-electron chi connectivity index (χ2n) is 5.05. The third-order valence-corrected chi connectivity index (χ3v) is 3.05. The minimum Gasteiger partial charge on any atom is -0.506 e. The molecule has 0 aliphatic rings. The van der Waals surface area contributed by atoms with Crippen molar-refractivity contribution in [3.63, 3.8) is 0 Å². The molecule has 0 aliphatic heterocycles. The summed E-state index contributed by atoms with van der Waals surface area (Å²) in [6.07, 6.45) is 5.34. The van der Waals surface area contributed by atoms with Crippen molar-refractivity contribution in [3.8, 4) is 11.5 Å². The molecule has 0 saturated carbocycles. The summed E-state index contributed by atoms with van der Waals surface area (Å²) in [7, 11) is 3.29. The zero-order valence-electron chi connectivity index (χ0n) is 13.2. The van der Waals surface area contributed by atoms with Gasteiger partial charge >= 0.3 is 0 Å². The Morgan fingerprint density at radius 2 is 2.04 bits per heavy atom. The summed E-state index contributed by atoms with van der Waals surface area (Å²) < 4.78 is 8.68. The van der Waals surface area contributed by atoms with E-state index >= 15 is 0 Å². The molecule has 0 unspecified atom stereocenters. The van der Waals surface area contributed by atoms with Crippen molar-refractivity contribution in [2.45, 2.75) is 13.5 Å². The highest BCUT2D eigenvalue weighted by molar-refractivity contribution is 5.95. The Hall–Kier alpha value is -3.03. The molecule has 1 aromatic carbocycles. The van der Waals surface area contributed by atoms with Crippen LogP contribution in [0.15, 0.2) is 30.9 Å². The van der Waals surface area contributed by atoms with E-state index < -0.39 is 0 Å². The van der Waals surface area contributed by atoms with E-state index in [1.54, 1.807) is 17.1 Å². The van der Waals surface area contributed by atoms with Gasteiger partial charge in [-0.15, -0.1) is 0 Å². The number of aromatic hydroxyl groups is 1. The van der Waals surface area contributed by atoms with E-state index in [-0.39, 0.29) is 29.8 Å². The lowest BCUT2D eigenvalue weighted by atomic mass is 10.2. The van der Waals surface area contributed by atoms with Gasteiger partial charge in [0, 0.05) is 19.1 Å². The zero-order valence-corrected chi connectivity index (χ0v) is 13.2. The summed E-state index contributed by atoms with van der Waals surface area (Å²) in [4.78, 5) is 23.2. The fraction of sp³-hybridized carbons (Fsp3) is 0.267. The van der Waals surface area contributed by atoms with Crippen LogP contribution in [0.3, 0.4) is 0 Å². The van der Waals surface area contributed by atoms with Gasteiger partial charge in [-0.25, -0.2) is 9.13 Å². The van der Waals surface area contributed by atoms with E-state index in [4.69, 9.17) is 4.74 Å². The van der Waals surface area contributed by atoms with Gasteiger partial charge in [-0.3, -0.25) is 9.59 Å². The fourth-order valence-electron chi connectivity index (χ4n) is 2.08. The molecule has 0 bridgehead atoms. The van der Waals surface area contributed by atoms with Crippen LogP contribution in [-0.2, 0) is 23.2 Å². The van der Waals surface area contributed by atoms with E-state index in [9.17, 15) is 14.7 Å². The average Bonchev–Trinajstić information content (AvgIpc) is 2.86. The molecule has 0 radical (unpaired) electrons. The summed E-state index contributed by atoms with van der Waals surface area (Å²) >= 11 is 0. The third-order valence-electron chi connectivity index (χ3n) is 3.05. The number of hydrogen-bond donors (Lipinski definition) is 3. The quantitative estimate of drug-likeness (QED) is 0.556. The number of phenolic OH excluding ortho intramolecular Hbond substituents is 1. The first-order valence-electron chi connectivity index (χ1n) is 6.88. The normalized spacial score (nSPS) is 10.2. The first-order valence-corrected chi connectivity index (χ1v) is 6.88. The fourth-order valence-corrected chi connectivity index (χ4v) is 2.08. The summed E-state index contributed by atoms with van der Waals surface area (Å²) in [6.45, 7) is 1.46. The molecule has 0 atom stereocenters. The summed E-state index contributed by atoms with van der Waals surface area (Å²) in [5, 5.41) is 15.2. The lowest BCUT2D eigenvalue weighted by Crippen LogP contribution is -2.25. The molecular weight excluding hydrogens is 300 g/mol. The highest BCUT2D eigenvalue weighted by Gasteiger charge is 2.15. The first-order chi connectivity index (χ1) is 10.9. The second-order valence-corrected chi connectivity index (χ2v) is 5.05. The molecule has 2 aromatic rings. The van der Waals surface area contributed by atoms with Gasteiger partial charge in [0.25, 0.3) is 5.91 Å². The average molecular weight is 319 g/mol. The Labute approximate surface area is 133 Å². The number of aromatic nitrogens is 2. The SMILES string of the molecule is COc1cc(NC(=O)Cn2cc[n+](C)c2)c(O)cc1NC(C)=O. The van der Waals surface area contributed by atoms with Crippen LogP contribution in [0.2, 0.25) is 0 Å². The van der Waals surface area contributed by atoms with E-state index in [0.29, 0.717) is 11.4 Å². The number of anilines is 2. The number of benzene rings is 1. The van der Waals surface area contributed by atoms with Gasteiger partial charge < -0.3 is 20.5 Å². The molecule has 0 spiro atoms. The van der Waals surface area contributed by atoms with Crippen LogP contribution in [0.25, 0.3) is 0 Å². The number of nitrogens with one attached hydrogen (secondary N) is 2. The first kappa shape index (κ1) is 16.3. The molecule has 23 heavy (non-hydrogen) atoms. The number of aryl methyl sites for hydroxylation is 1. The van der Waals surface area contributed by atoms with Gasteiger partial charge in [0.15, 0.2) is 6.54 Å². The van der Waals surface area contributed by atoms with E-state index in [0.717, 1.165) is 0 Å². The second kappa shape index (κ2) is 6.82. The number of ether oxygens (including phenoxy) is 1. The van der Waals surface area contributed by atoms with Crippen LogP contribution in [0.1, 0.15) is 6.92 Å². The Kier molecular flexibility index (Phi) is 4.85. The predicted molar refractivity (Wildman–Crippen MR) is 83.2 cm³/mol. The monoisotopic (exact) mass is 319 g/mol. The van der Waals surface area contributed by atoms with Gasteiger partial charge in [0.1, 0.15) is 23.9 Å². The summed E-state index contributed by atoms with van der Waals surface area (Å²) in [5.74, 6) is -0.424. The molecule has 1 aromatic heterocycles. The molecule has 0 aliphatic carbocycles. The predicted octanol–water partition coefficient (Wildman–Crippen LogP) is 0.624. The lowest BCUT2D eigenvalue weighted by Gasteiger charge is -2.13. The largest absolute Gasteiger partial charge is 0.506 e. The highest BCUT2D eigenvalue weighted by Crippen LogP contribution is 2.35. The minimum atomic E-state index is -0.300. The number of amides is 2. The maximum absolute atomic E-state index is 12.0. The number of phenols is 1. The summed E-state index contributed by atoms with van der Waals surface area (Å²) in [6, 6.07) is 2.78. The van der Waals surface area contributed by atoms with E-state index in [1.807, 2.05) is 17.8 Å². The molecular formula is C15H19N4O4+. The molecule has 3 N–H and O–H groups in total. The van der Waals surface area contributed by atoms with Crippen molar-refractivity contribution in [2.75, 3.05) is 17.7 Å². The number of carbonyl (C=O) groups excluding carboxylic acids is 2. The van der Waals surface area contributed by atoms with Crippen molar-refractivity contribution in [3.05, 3.63) is 30.9 Å². The topological polar surface area (TPSA) is 96.5 Å². The van der Waals surface area contributed by atoms with Crippen molar-refractivity contribution in [1.29, 1.82) is 0 Å². The molecule has 1 heterocycles. The number of rotatable bonds is 5. The van der Waals surface area contributed by atoms with Crippen LogP contribution in [0.5, 0.6) is 11.5 Å². The molecule has 2 amide bonds. The standard InChI is InChI=1S/C15H18N4O4/c1-10(20)16-12-6-13(21)11(7-14(12)23-3)17-15(22)8-19-5-4-18(2)9-19/h4-7,9H,8H2,1-3H3,(H2-,16,17,20,21,22)/p+1. The third kappa shape index (κ3) is 4.22. The van der Waals surface area contributed by atoms with Crippen LogP contribution in [-0.4, -0.2) is 28.6 Å². The van der Waals surface area contributed by atoms with E-state index in [1.165, 1.54) is 26.2 Å². The van der Waals surface area contributed by atoms with Gasteiger partial charge in [0.2, 0.25) is 12.2 Å². The Morgan fingerprint density at radius 1 is 1.30 bits per heavy atom. The van der Waals surface area contributed by atoms with Crippen LogP contribution < -0.4 is 19.9 Å². The lowest BCUT2D eigenvalue weighted by molar-refractivity contribution is -0.671. The van der Waals surface area contributed by atoms with Crippen molar-refractivity contribution in [2.24, 2.45) is 7.05 Å². The molecule has 0 saturated heterocycles. The minimum absolute atomic E-state index is 0.107. The van der Waals surface area contributed by atoms with Gasteiger partial charge in [-0.1, -0.05) is 0 Å². The van der Waals surface area contributed by atoms with Crippen LogP contribution in [0, 0.1) is 0 Å². The van der Waals surface area contributed by atoms with Gasteiger partial charge in [0.05, 0.1) is 25.5 Å². The number of carbonyl (C=O) groups is 2. The number of nitrogens with zero attached hydrogens (tertiary/aromatic N) is 2. The molecule has 2 rings (SSSR count). The smallest absolute Gasteiger partial charge is 0.266 e. The Morgan fingerprint density at radius 3 is 2.61 bits per heavy atom. The van der Waals surface area contributed by atoms with Crippen molar-refractivity contribution in [1.82, 2.24) is 4.57 Å². The number of methoxy groups -OCH3 is 1. The maximum Gasteiger partial charge on any atom is 0.266 e. The molecule has 0 fully saturated rings. The van der Waals surface area contributed by atoms with Crippen molar-refractivity contribution < 1.29 is 24.0 Å². The summed E-state index contributed by atoms with van der Waals surface area (Å²) in [5.41, 5.74) is 0.533. The van der Waals surface area contributed by atoms with Crippen LogP contribution in [0.4, 0.5) is 11.4 Å². The molecule has 8 heteroatoms. The zero-order chi connectivity index (χ0) is 17.0. The van der Waals surface area contributed by atoms with Gasteiger partial charge in [-0.2, -0.15) is 0 Å². The highest BCUT2D eigenvalue weighted by atomic mass is 16.5. The molecule has 122 valence electrons. The maximum atomic E-state index is 12.0. The molecule has 8 nitrogen and oxygen atoms in total. The van der Waals surface area contributed by atoms with E-state index in [2.05, 4.69) is 10.6 Å². The van der Waals surface area contributed by atoms with Crippen LogP contribution >= 0.6 is 0 Å². The number of hydrogen-bond acceptors (Lipinski definition) is 4.